The van der Waals surface area contributed by atoms with Crippen molar-refractivity contribution in [3.63, 3.8) is 0 Å². The summed E-state index contributed by atoms with van der Waals surface area (Å²) in [5, 5.41) is -0.124. The molecule has 0 bridgehead atoms. The van der Waals surface area contributed by atoms with E-state index in [0.717, 1.165) is 5.56 Å². The smallest absolute Gasteiger partial charge is 0.270 e. The van der Waals surface area contributed by atoms with E-state index in [4.69, 9.17) is 4.55 Å². The Kier molecular flexibility index (Phi) is 4.19. The first-order valence-electron chi connectivity index (χ1n) is 4.46. The second-order valence-corrected chi connectivity index (χ2v) is 7.35. The van der Waals surface area contributed by atoms with E-state index in [0.29, 0.717) is 0 Å². The molecule has 0 radical (unpaired) electrons. The van der Waals surface area contributed by atoms with Gasteiger partial charge in [0.05, 0.1) is 12.5 Å². The Morgan fingerprint density at radius 3 is 2.20 bits per heavy atom. The summed E-state index contributed by atoms with van der Waals surface area (Å²) in [6, 6.07) is 9.42. The zero-order valence-electron chi connectivity index (χ0n) is 8.75. The van der Waals surface area contributed by atoms with Crippen LogP contribution in [0.3, 0.4) is 0 Å². The average molecular weight is 247 g/mol. The summed E-state index contributed by atoms with van der Waals surface area (Å²) >= 11 is 0. The van der Waals surface area contributed by atoms with Crippen LogP contribution in [0.5, 0.6) is 0 Å². The normalized spacial score (nSPS) is 14.1. The second-order valence-electron chi connectivity index (χ2n) is 3.53. The Morgan fingerprint density at radius 2 is 1.80 bits per heavy atom. The molecule has 1 aromatic rings. The standard InChI is InChI=1S/C10H14O3S2/c1-14(2)10(8-15(11,12)13)9-6-4-3-5-7-9/h3-7,10H,8H2,1-2H3/p+1/t10-/m1/s1. The minimum atomic E-state index is -3.91. The molecule has 0 saturated carbocycles. The maximum Gasteiger partial charge on any atom is 0.270 e. The summed E-state index contributed by atoms with van der Waals surface area (Å²) in [6.07, 6.45) is 3.95. The molecule has 0 fully saturated rings. The van der Waals surface area contributed by atoms with Crippen molar-refractivity contribution in [3.8, 4) is 0 Å². The van der Waals surface area contributed by atoms with Gasteiger partial charge in [-0.05, 0) is 10.9 Å². The van der Waals surface area contributed by atoms with Crippen LogP contribution in [0.1, 0.15) is 10.8 Å². The van der Waals surface area contributed by atoms with Gasteiger partial charge in [-0.25, -0.2) is 0 Å². The van der Waals surface area contributed by atoms with Crippen LogP contribution in [0.25, 0.3) is 0 Å². The number of hydrogen-bond donors (Lipinski definition) is 1. The SMILES string of the molecule is C[S+](C)[C@H](CS(=O)(=O)O)c1ccccc1. The molecule has 1 atom stereocenters. The fourth-order valence-electron chi connectivity index (χ4n) is 1.36. The number of benzene rings is 1. The largest absolute Gasteiger partial charge is 0.285 e. The highest BCUT2D eigenvalue weighted by Crippen LogP contribution is 2.23. The molecule has 0 aliphatic rings. The summed E-state index contributed by atoms with van der Waals surface area (Å²) in [5.41, 5.74) is 0.962. The molecule has 0 amide bonds. The van der Waals surface area contributed by atoms with Crippen LogP contribution in [-0.4, -0.2) is 31.2 Å². The van der Waals surface area contributed by atoms with Gasteiger partial charge < -0.3 is 0 Å². The van der Waals surface area contributed by atoms with Crippen molar-refractivity contribution in [1.82, 2.24) is 0 Å². The predicted octanol–water partition coefficient (Wildman–Crippen LogP) is 1.49. The Hall–Kier alpha value is -0.520. The average Bonchev–Trinajstić information content (AvgIpc) is 2.14. The lowest BCUT2D eigenvalue weighted by Crippen LogP contribution is -2.20. The van der Waals surface area contributed by atoms with Gasteiger partial charge in [-0.1, -0.05) is 30.3 Å². The molecule has 0 aliphatic carbocycles. The molecule has 0 heterocycles. The number of rotatable bonds is 4. The van der Waals surface area contributed by atoms with Gasteiger partial charge in [0.15, 0.2) is 5.25 Å². The minimum absolute atomic E-state index is 0.0900. The highest BCUT2D eigenvalue weighted by atomic mass is 32.2. The van der Waals surface area contributed by atoms with E-state index >= 15 is 0 Å². The van der Waals surface area contributed by atoms with E-state index in [1.165, 1.54) is 0 Å². The Morgan fingerprint density at radius 1 is 1.27 bits per heavy atom. The molecule has 1 aromatic carbocycles. The van der Waals surface area contributed by atoms with Gasteiger partial charge in [0.1, 0.15) is 5.75 Å². The number of hydrogen-bond acceptors (Lipinski definition) is 2. The van der Waals surface area contributed by atoms with Crippen molar-refractivity contribution in [2.45, 2.75) is 5.25 Å². The molecule has 0 saturated heterocycles. The zero-order valence-corrected chi connectivity index (χ0v) is 10.4. The molecule has 0 aromatic heterocycles. The van der Waals surface area contributed by atoms with Crippen molar-refractivity contribution < 1.29 is 13.0 Å². The minimum Gasteiger partial charge on any atom is -0.285 e. The molecule has 1 rings (SSSR count). The van der Waals surface area contributed by atoms with Crippen molar-refractivity contribution in [1.29, 1.82) is 0 Å². The molecule has 0 aliphatic heterocycles. The third-order valence-corrected chi connectivity index (χ3v) is 4.64. The second kappa shape index (κ2) is 5.01. The highest BCUT2D eigenvalue weighted by Gasteiger charge is 2.28. The van der Waals surface area contributed by atoms with E-state index in [-0.39, 0.29) is 21.9 Å². The first-order chi connectivity index (χ1) is 6.90. The summed E-state index contributed by atoms with van der Waals surface area (Å²) in [7, 11) is -4.00. The molecular formula is C10H15O3S2+. The van der Waals surface area contributed by atoms with Crippen LogP contribution < -0.4 is 0 Å². The van der Waals surface area contributed by atoms with E-state index in [1.807, 2.05) is 42.8 Å². The van der Waals surface area contributed by atoms with Crippen LogP contribution in [0, 0.1) is 0 Å². The summed E-state index contributed by atoms with van der Waals surface area (Å²) in [4.78, 5) is 0. The lowest BCUT2D eigenvalue weighted by molar-refractivity contribution is 0.482. The molecule has 0 unspecified atom stereocenters. The quantitative estimate of drug-likeness (QED) is 0.648. The maximum atomic E-state index is 10.9. The van der Waals surface area contributed by atoms with Gasteiger partial charge in [0.2, 0.25) is 0 Å². The van der Waals surface area contributed by atoms with Gasteiger partial charge in [0, 0.05) is 5.56 Å². The molecule has 1 N–H and O–H groups in total. The Labute approximate surface area is 93.6 Å². The van der Waals surface area contributed by atoms with Crippen LogP contribution in [0.2, 0.25) is 0 Å². The molecule has 84 valence electrons. The fraction of sp³-hybridized carbons (Fsp3) is 0.400. The third kappa shape index (κ3) is 4.24. The molecule has 5 heteroatoms. The van der Waals surface area contributed by atoms with E-state index < -0.39 is 10.1 Å². The molecular weight excluding hydrogens is 232 g/mol. The first kappa shape index (κ1) is 12.5. The van der Waals surface area contributed by atoms with Crippen LogP contribution in [-0.2, 0) is 21.0 Å². The van der Waals surface area contributed by atoms with Crippen molar-refractivity contribution in [3.05, 3.63) is 35.9 Å². The van der Waals surface area contributed by atoms with E-state index in [2.05, 4.69) is 0 Å². The predicted molar refractivity (Wildman–Crippen MR) is 64.8 cm³/mol. The monoisotopic (exact) mass is 247 g/mol. The summed E-state index contributed by atoms with van der Waals surface area (Å²) in [6.45, 7) is 0. The van der Waals surface area contributed by atoms with Crippen LogP contribution in [0.4, 0.5) is 0 Å². The lowest BCUT2D eigenvalue weighted by atomic mass is 10.2. The fourth-order valence-corrected chi connectivity index (χ4v) is 4.24. The van der Waals surface area contributed by atoms with Gasteiger partial charge in [0.25, 0.3) is 10.1 Å². The van der Waals surface area contributed by atoms with Crippen LogP contribution >= 0.6 is 0 Å². The maximum absolute atomic E-state index is 10.9. The highest BCUT2D eigenvalue weighted by molar-refractivity contribution is 7.97. The van der Waals surface area contributed by atoms with Crippen molar-refractivity contribution in [2.75, 3.05) is 18.3 Å². The van der Waals surface area contributed by atoms with Crippen molar-refractivity contribution >= 4 is 21.0 Å². The van der Waals surface area contributed by atoms with Gasteiger partial charge >= 0.3 is 0 Å². The summed E-state index contributed by atoms with van der Waals surface area (Å²) in [5.74, 6) is -0.201. The molecule has 0 spiro atoms. The van der Waals surface area contributed by atoms with Gasteiger partial charge in [-0.15, -0.1) is 0 Å². The molecule has 3 nitrogen and oxygen atoms in total. The van der Waals surface area contributed by atoms with E-state index in [1.54, 1.807) is 0 Å². The van der Waals surface area contributed by atoms with Crippen molar-refractivity contribution in [2.24, 2.45) is 0 Å². The van der Waals surface area contributed by atoms with Gasteiger partial charge in [-0.2, -0.15) is 8.42 Å². The topological polar surface area (TPSA) is 54.4 Å². The summed E-state index contributed by atoms with van der Waals surface area (Å²) < 4.78 is 30.6. The van der Waals surface area contributed by atoms with Crippen LogP contribution in [0.15, 0.2) is 30.3 Å². The Bertz CT molecular complexity index is 398. The third-order valence-electron chi connectivity index (χ3n) is 2.10. The Balaban J connectivity index is 2.95. The molecule has 15 heavy (non-hydrogen) atoms. The van der Waals surface area contributed by atoms with Gasteiger partial charge in [-0.3, -0.25) is 4.55 Å². The lowest BCUT2D eigenvalue weighted by Gasteiger charge is -2.12. The first-order valence-corrected chi connectivity index (χ1v) is 8.18. The van der Waals surface area contributed by atoms with E-state index in [9.17, 15) is 8.42 Å². The zero-order chi connectivity index (χ0) is 11.5.